The van der Waals surface area contributed by atoms with Gasteiger partial charge in [0.05, 0.1) is 10.6 Å². The van der Waals surface area contributed by atoms with Crippen molar-refractivity contribution in [3.8, 4) is 21.7 Å². The van der Waals surface area contributed by atoms with Crippen LogP contribution in [0.2, 0.25) is 5.02 Å². The Kier molecular flexibility index (Phi) is 5.57. The average molecular weight is 470 g/mol. The molecule has 0 saturated carbocycles. The fourth-order valence-electron chi connectivity index (χ4n) is 2.73. The Labute approximate surface area is 180 Å². The summed E-state index contributed by atoms with van der Waals surface area (Å²) in [5.41, 5.74) is 3.39. The van der Waals surface area contributed by atoms with E-state index in [-0.39, 0.29) is 5.91 Å². The van der Waals surface area contributed by atoms with Gasteiger partial charge in [0.2, 0.25) is 0 Å². The number of aromatic nitrogens is 1. The number of anilines is 1. The summed E-state index contributed by atoms with van der Waals surface area (Å²) >= 11 is 10.9. The van der Waals surface area contributed by atoms with Crippen LogP contribution in [0, 0.1) is 0 Å². The molecule has 0 aliphatic carbocycles. The maximum Gasteiger partial charge on any atom is 0.257 e. The molecule has 0 atom stereocenters. The SMILES string of the molecule is O=C(Nc1nc(-c2ccc(Cl)cc2)c(-c2ccccc2)s1)c1ccc(Br)cc1. The molecule has 1 heterocycles. The summed E-state index contributed by atoms with van der Waals surface area (Å²) < 4.78 is 0.926. The van der Waals surface area contributed by atoms with E-state index >= 15 is 0 Å². The summed E-state index contributed by atoms with van der Waals surface area (Å²) in [5, 5.41) is 4.14. The second-order valence-electron chi connectivity index (χ2n) is 6.03. The molecule has 0 unspecified atom stereocenters. The van der Waals surface area contributed by atoms with Crippen LogP contribution in [0.1, 0.15) is 10.4 Å². The molecule has 0 spiro atoms. The number of hydrogen-bond donors (Lipinski definition) is 1. The van der Waals surface area contributed by atoms with Crippen LogP contribution in [0.4, 0.5) is 5.13 Å². The minimum atomic E-state index is -0.191. The highest BCUT2D eigenvalue weighted by Gasteiger charge is 2.17. The predicted molar refractivity (Wildman–Crippen MR) is 120 cm³/mol. The molecule has 4 rings (SSSR count). The van der Waals surface area contributed by atoms with E-state index in [0.717, 1.165) is 26.2 Å². The maximum atomic E-state index is 12.6. The van der Waals surface area contributed by atoms with Gasteiger partial charge in [-0.15, -0.1) is 0 Å². The number of nitrogens with zero attached hydrogens (tertiary/aromatic N) is 1. The Morgan fingerprint density at radius 2 is 1.57 bits per heavy atom. The van der Waals surface area contributed by atoms with Gasteiger partial charge < -0.3 is 0 Å². The smallest absolute Gasteiger partial charge is 0.257 e. The minimum Gasteiger partial charge on any atom is -0.298 e. The number of thiazole rings is 1. The molecule has 3 aromatic carbocycles. The Morgan fingerprint density at radius 3 is 2.25 bits per heavy atom. The quantitative estimate of drug-likeness (QED) is 0.345. The first-order valence-corrected chi connectivity index (χ1v) is 10.5. The molecule has 0 radical (unpaired) electrons. The van der Waals surface area contributed by atoms with Crippen molar-refractivity contribution in [3.63, 3.8) is 0 Å². The van der Waals surface area contributed by atoms with Gasteiger partial charge in [-0.25, -0.2) is 4.98 Å². The number of nitrogens with one attached hydrogen (secondary N) is 1. The first-order valence-electron chi connectivity index (χ1n) is 8.49. The molecule has 1 aromatic heterocycles. The topological polar surface area (TPSA) is 42.0 Å². The van der Waals surface area contributed by atoms with Crippen molar-refractivity contribution in [1.82, 2.24) is 4.98 Å². The molecule has 4 aromatic rings. The lowest BCUT2D eigenvalue weighted by atomic mass is 10.1. The molecule has 0 aliphatic rings. The van der Waals surface area contributed by atoms with Gasteiger partial charge in [0.25, 0.3) is 5.91 Å². The second kappa shape index (κ2) is 8.27. The fourth-order valence-corrected chi connectivity index (χ4v) is 4.11. The number of benzene rings is 3. The number of halogens is 2. The molecule has 0 bridgehead atoms. The number of amides is 1. The third-order valence-electron chi connectivity index (χ3n) is 4.11. The number of hydrogen-bond acceptors (Lipinski definition) is 3. The molecule has 3 nitrogen and oxygen atoms in total. The molecule has 0 saturated heterocycles. The third-order valence-corrected chi connectivity index (χ3v) is 5.91. The van der Waals surface area contributed by atoms with Crippen molar-refractivity contribution in [3.05, 3.63) is 93.9 Å². The van der Waals surface area contributed by atoms with Gasteiger partial charge in [-0.1, -0.05) is 81.3 Å². The zero-order chi connectivity index (χ0) is 19.5. The van der Waals surface area contributed by atoms with E-state index in [9.17, 15) is 4.79 Å². The zero-order valence-corrected chi connectivity index (χ0v) is 17.7. The minimum absolute atomic E-state index is 0.191. The van der Waals surface area contributed by atoms with Crippen LogP contribution >= 0.6 is 38.9 Å². The lowest BCUT2D eigenvalue weighted by Crippen LogP contribution is -2.11. The predicted octanol–water partition coefficient (Wildman–Crippen LogP) is 7.15. The standard InChI is InChI=1S/C22H14BrClN2OS/c23-17-10-6-16(7-11-17)21(27)26-22-25-19(14-8-12-18(24)13-9-14)20(28-22)15-4-2-1-3-5-15/h1-13H,(H,25,26,27). The third kappa shape index (κ3) is 4.17. The van der Waals surface area contributed by atoms with Crippen molar-refractivity contribution < 1.29 is 4.79 Å². The lowest BCUT2D eigenvalue weighted by Gasteiger charge is -2.02. The highest BCUT2D eigenvalue weighted by molar-refractivity contribution is 9.10. The maximum absolute atomic E-state index is 12.6. The Bertz CT molecular complexity index is 1110. The first-order chi connectivity index (χ1) is 13.6. The Morgan fingerprint density at radius 1 is 0.893 bits per heavy atom. The van der Waals surface area contributed by atoms with E-state index in [1.807, 2.05) is 66.7 Å². The molecule has 0 fully saturated rings. The molecule has 1 amide bonds. The molecule has 6 heteroatoms. The van der Waals surface area contributed by atoms with Crippen molar-refractivity contribution in [2.24, 2.45) is 0 Å². The largest absolute Gasteiger partial charge is 0.298 e. The first kappa shape index (κ1) is 18.9. The van der Waals surface area contributed by atoms with E-state index in [2.05, 4.69) is 21.2 Å². The molecular weight excluding hydrogens is 456 g/mol. The van der Waals surface area contributed by atoms with E-state index < -0.39 is 0 Å². The van der Waals surface area contributed by atoms with Crippen LogP contribution in [0.5, 0.6) is 0 Å². The monoisotopic (exact) mass is 468 g/mol. The molecule has 28 heavy (non-hydrogen) atoms. The summed E-state index contributed by atoms with van der Waals surface area (Å²) in [6, 6.07) is 24.8. The Hall–Kier alpha value is -2.47. The van der Waals surface area contributed by atoms with E-state index in [1.165, 1.54) is 11.3 Å². The van der Waals surface area contributed by atoms with E-state index in [4.69, 9.17) is 16.6 Å². The van der Waals surface area contributed by atoms with Crippen molar-refractivity contribution in [2.75, 3.05) is 5.32 Å². The highest BCUT2D eigenvalue weighted by Crippen LogP contribution is 2.39. The van der Waals surface area contributed by atoms with Gasteiger partial charge in [0.15, 0.2) is 5.13 Å². The van der Waals surface area contributed by atoms with Crippen LogP contribution in [-0.4, -0.2) is 10.9 Å². The number of rotatable bonds is 4. The van der Waals surface area contributed by atoms with E-state index in [0.29, 0.717) is 15.7 Å². The van der Waals surface area contributed by atoms with Crippen LogP contribution < -0.4 is 5.32 Å². The fraction of sp³-hybridized carbons (Fsp3) is 0. The van der Waals surface area contributed by atoms with Crippen molar-refractivity contribution in [1.29, 1.82) is 0 Å². The zero-order valence-electron chi connectivity index (χ0n) is 14.5. The molecule has 1 N–H and O–H groups in total. The summed E-state index contributed by atoms with van der Waals surface area (Å²) in [6.45, 7) is 0. The van der Waals surface area contributed by atoms with Gasteiger partial charge in [-0.3, -0.25) is 10.1 Å². The molecular formula is C22H14BrClN2OS. The van der Waals surface area contributed by atoms with Gasteiger partial charge in [-0.05, 0) is 42.0 Å². The summed E-state index contributed by atoms with van der Waals surface area (Å²) in [5.74, 6) is -0.191. The van der Waals surface area contributed by atoms with Crippen molar-refractivity contribution >= 4 is 49.9 Å². The summed E-state index contributed by atoms with van der Waals surface area (Å²) in [7, 11) is 0. The lowest BCUT2D eigenvalue weighted by molar-refractivity contribution is 0.102. The van der Waals surface area contributed by atoms with E-state index in [1.54, 1.807) is 12.1 Å². The van der Waals surface area contributed by atoms with Gasteiger partial charge in [0, 0.05) is 20.6 Å². The molecule has 0 aliphatic heterocycles. The number of carbonyl (C=O) groups excluding carboxylic acids is 1. The van der Waals surface area contributed by atoms with Crippen LogP contribution in [0.3, 0.4) is 0 Å². The molecule has 138 valence electrons. The average Bonchev–Trinajstić information content (AvgIpc) is 3.13. The summed E-state index contributed by atoms with van der Waals surface area (Å²) in [6.07, 6.45) is 0. The van der Waals surface area contributed by atoms with Gasteiger partial charge >= 0.3 is 0 Å². The van der Waals surface area contributed by atoms with Crippen LogP contribution in [0.25, 0.3) is 21.7 Å². The van der Waals surface area contributed by atoms with Crippen LogP contribution in [-0.2, 0) is 0 Å². The Balaban J connectivity index is 1.71. The van der Waals surface area contributed by atoms with Gasteiger partial charge in [0.1, 0.15) is 0 Å². The normalized spacial score (nSPS) is 10.6. The van der Waals surface area contributed by atoms with Crippen molar-refractivity contribution in [2.45, 2.75) is 0 Å². The highest BCUT2D eigenvalue weighted by atomic mass is 79.9. The van der Waals surface area contributed by atoms with Gasteiger partial charge in [-0.2, -0.15) is 0 Å². The second-order valence-corrected chi connectivity index (χ2v) is 8.38. The summed E-state index contributed by atoms with van der Waals surface area (Å²) in [4.78, 5) is 18.3. The number of carbonyl (C=O) groups is 1. The van der Waals surface area contributed by atoms with Crippen LogP contribution in [0.15, 0.2) is 83.3 Å².